The lowest BCUT2D eigenvalue weighted by molar-refractivity contribution is 0.628. The number of nitrogens with two attached hydrogens (primary N) is 1. The molecule has 4 N–H and O–H groups in total. The summed E-state index contributed by atoms with van der Waals surface area (Å²) < 4.78 is 13.3. The fraction of sp³-hybridized carbons (Fsp3) is 0.176. The van der Waals surface area contributed by atoms with E-state index in [1.165, 1.54) is 18.5 Å². The minimum Gasteiger partial charge on any atom is -0.369 e. The first-order valence-corrected chi connectivity index (χ1v) is 8.33. The van der Waals surface area contributed by atoms with Gasteiger partial charge < -0.3 is 16.4 Å². The van der Waals surface area contributed by atoms with Gasteiger partial charge in [-0.1, -0.05) is 11.6 Å². The Hall–Kier alpha value is -2.55. The molecule has 0 aliphatic heterocycles. The third kappa shape index (κ3) is 5.46. The van der Waals surface area contributed by atoms with Crippen LogP contribution in [0.1, 0.15) is 6.42 Å². The second kappa shape index (κ2) is 9.96. The zero-order valence-electron chi connectivity index (χ0n) is 14.2. The van der Waals surface area contributed by atoms with Gasteiger partial charge in [0.15, 0.2) is 0 Å². The van der Waals surface area contributed by atoms with E-state index in [-0.39, 0.29) is 17.4 Å². The fourth-order valence-corrected chi connectivity index (χ4v) is 2.42. The highest BCUT2D eigenvalue weighted by molar-refractivity contribution is 6.31. The number of anilines is 3. The number of hydrogen-bond donors (Lipinski definition) is 3. The second-order valence-electron chi connectivity index (χ2n) is 5.41. The van der Waals surface area contributed by atoms with Gasteiger partial charge in [0.1, 0.15) is 18.0 Å². The number of benzene rings is 1. The lowest BCUT2D eigenvalue weighted by Gasteiger charge is -2.13. The van der Waals surface area contributed by atoms with E-state index < -0.39 is 5.82 Å². The topological polar surface area (TPSA) is 102 Å². The highest BCUT2D eigenvalue weighted by Crippen LogP contribution is 2.27. The average molecular weight is 410 g/mol. The molecule has 2 heterocycles. The largest absolute Gasteiger partial charge is 0.369 e. The Morgan fingerprint density at radius 1 is 1.15 bits per heavy atom. The number of nitrogens with zero attached hydrogens (tertiary/aromatic N) is 4. The third-order valence-electron chi connectivity index (χ3n) is 3.51. The molecule has 1 aromatic carbocycles. The van der Waals surface area contributed by atoms with Crippen LogP contribution in [-0.2, 0) is 0 Å². The third-order valence-corrected chi connectivity index (χ3v) is 3.80. The Morgan fingerprint density at radius 2 is 1.93 bits per heavy atom. The van der Waals surface area contributed by atoms with Crippen LogP contribution in [0, 0.1) is 5.82 Å². The second-order valence-corrected chi connectivity index (χ2v) is 5.81. The molecule has 27 heavy (non-hydrogen) atoms. The minimum absolute atomic E-state index is 0. The molecule has 3 rings (SSSR count). The zero-order chi connectivity index (χ0) is 18.4. The summed E-state index contributed by atoms with van der Waals surface area (Å²) >= 11 is 5.81. The lowest BCUT2D eigenvalue weighted by atomic mass is 10.1. The van der Waals surface area contributed by atoms with Crippen LogP contribution in [0.2, 0.25) is 5.02 Å². The standard InChI is InChI=1S/C17H17ClFN7.ClH/c18-14-6-12(2-3-15(14)19)25-17-24-9-13(11-7-21-10-22-8-11)16(26-17)23-5-1-4-20;/h2-3,6-10H,1,4-5,20H2,(H2,23,24,25,26);1H. The van der Waals surface area contributed by atoms with E-state index >= 15 is 0 Å². The summed E-state index contributed by atoms with van der Waals surface area (Å²) in [5.74, 6) is 0.490. The van der Waals surface area contributed by atoms with Gasteiger partial charge in [0.05, 0.1) is 5.02 Å². The predicted octanol–water partition coefficient (Wildman–Crippen LogP) is 3.65. The molecule has 7 nitrogen and oxygen atoms in total. The molecule has 10 heteroatoms. The minimum atomic E-state index is -0.485. The molecule has 0 saturated heterocycles. The lowest BCUT2D eigenvalue weighted by Crippen LogP contribution is -2.11. The van der Waals surface area contributed by atoms with Gasteiger partial charge in [0, 0.05) is 41.9 Å². The van der Waals surface area contributed by atoms with E-state index in [1.54, 1.807) is 24.7 Å². The summed E-state index contributed by atoms with van der Waals surface area (Å²) in [6.45, 7) is 1.23. The van der Waals surface area contributed by atoms with Crippen molar-refractivity contribution < 1.29 is 4.39 Å². The van der Waals surface area contributed by atoms with Gasteiger partial charge in [-0.25, -0.2) is 19.3 Å². The van der Waals surface area contributed by atoms with Crippen molar-refractivity contribution in [1.29, 1.82) is 0 Å². The smallest absolute Gasteiger partial charge is 0.229 e. The van der Waals surface area contributed by atoms with Crippen molar-refractivity contribution in [2.45, 2.75) is 6.42 Å². The van der Waals surface area contributed by atoms with Crippen LogP contribution < -0.4 is 16.4 Å². The average Bonchev–Trinajstić information content (AvgIpc) is 2.66. The monoisotopic (exact) mass is 409 g/mol. The maximum atomic E-state index is 13.3. The number of rotatable bonds is 7. The normalized spacial score (nSPS) is 10.2. The van der Waals surface area contributed by atoms with Crippen molar-refractivity contribution in [3.8, 4) is 11.1 Å². The van der Waals surface area contributed by atoms with Crippen LogP contribution in [0.4, 0.5) is 21.8 Å². The molecule has 0 unspecified atom stereocenters. The molecule has 0 amide bonds. The molecular weight excluding hydrogens is 392 g/mol. The summed E-state index contributed by atoms with van der Waals surface area (Å²) in [4.78, 5) is 16.9. The number of nitrogens with one attached hydrogen (secondary N) is 2. The highest BCUT2D eigenvalue weighted by atomic mass is 35.5. The van der Waals surface area contributed by atoms with Gasteiger partial charge in [0.2, 0.25) is 5.95 Å². The molecular formula is C17H18Cl2FN7. The quantitative estimate of drug-likeness (QED) is 0.511. The van der Waals surface area contributed by atoms with Gasteiger partial charge in [-0.05, 0) is 31.2 Å². The van der Waals surface area contributed by atoms with Gasteiger partial charge in [-0.15, -0.1) is 12.4 Å². The summed E-state index contributed by atoms with van der Waals surface area (Å²) in [6, 6.07) is 4.31. The highest BCUT2D eigenvalue weighted by Gasteiger charge is 2.11. The fourth-order valence-electron chi connectivity index (χ4n) is 2.24. The number of halogens is 3. The molecule has 0 saturated carbocycles. The Kier molecular flexibility index (Phi) is 7.66. The number of aromatic nitrogens is 4. The van der Waals surface area contributed by atoms with Gasteiger partial charge in [-0.3, -0.25) is 0 Å². The first-order valence-electron chi connectivity index (χ1n) is 7.96. The molecule has 0 fully saturated rings. The van der Waals surface area contributed by atoms with Gasteiger partial charge in [0.25, 0.3) is 0 Å². The Morgan fingerprint density at radius 3 is 2.63 bits per heavy atom. The van der Waals surface area contributed by atoms with Crippen LogP contribution in [-0.4, -0.2) is 33.0 Å². The van der Waals surface area contributed by atoms with E-state index in [2.05, 4.69) is 30.6 Å². The van der Waals surface area contributed by atoms with Crippen molar-refractivity contribution >= 4 is 41.5 Å². The van der Waals surface area contributed by atoms with Crippen molar-refractivity contribution in [3.63, 3.8) is 0 Å². The van der Waals surface area contributed by atoms with E-state index in [9.17, 15) is 4.39 Å². The molecule has 0 aliphatic rings. The van der Waals surface area contributed by atoms with Crippen LogP contribution in [0.25, 0.3) is 11.1 Å². The summed E-state index contributed by atoms with van der Waals surface area (Å²) in [7, 11) is 0. The maximum Gasteiger partial charge on any atom is 0.229 e. The Bertz CT molecular complexity index is 880. The summed E-state index contributed by atoms with van der Waals surface area (Å²) in [6.07, 6.45) is 7.30. The van der Waals surface area contributed by atoms with Crippen LogP contribution >= 0.6 is 24.0 Å². The maximum absolute atomic E-state index is 13.3. The zero-order valence-corrected chi connectivity index (χ0v) is 15.8. The van der Waals surface area contributed by atoms with Crippen molar-refractivity contribution in [1.82, 2.24) is 19.9 Å². The van der Waals surface area contributed by atoms with Crippen molar-refractivity contribution in [2.75, 3.05) is 23.7 Å². The Labute approximate surface area is 167 Å². The van der Waals surface area contributed by atoms with Crippen LogP contribution in [0.5, 0.6) is 0 Å². The van der Waals surface area contributed by atoms with E-state index in [0.29, 0.717) is 30.5 Å². The Balaban J connectivity index is 0.00000261. The molecule has 2 aromatic heterocycles. The number of hydrogen-bond acceptors (Lipinski definition) is 7. The van der Waals surface area contributed by atoms with Crippen molar-refractivity contribution in [3.05, 3.63) is 54.0 Å². The predicted molar refractivity (Wildman–Crippen MR) is 107 cm³/mol. The van der Waals surface area contributed by atoms with Crippen LogP contribution in [0.15, 0.2) is 43.1 Å². The summed E-state index contributed by atoms with van der Waals surface area (Å²) in [5.41, 5.74) is 7.70. The van der Waals surface area contributed by atoms with E-state index in [0.717, 1.165) is 17.5 Å². The molecule has 0 atom stereocenters. The molecule has 3 aromatic rings. The molecule has 0 bridgehead atoms. The molecule has 0 aliphatic carbocycles. The van der Waals surface area contributed by atoms with Gasteiger partial charge in [-0.2, -0.15) is 4.98 Å². The first kappa shape index (κ1) is 20.8. The van der Waals surface area contributed by atoms with E-state index in [4.69, 9.17) is 17.3 Å². The molecule has 142 valence electrons. The van der Waals surface area contributed by atoms with E-state index in [1.807, 2.05) is 0 Å². The first-order chi connectivity index (χ1) is 12.7. The SMILES string of the molecule is Cl.NCCCNc1nc(Nc2ccc(F)c(Cl)c2)ncc1-c1cncnc1. The summed E-state index contributed by atoms with van der Waals surface area (Å²) in [5, 5.41) is 6.28. The molecule has 0 spiro atoms. The van der Waals surface area contributed by atoms with Gasteiger partial charge >= 0.3 is 0 Å². The molecule has 0 radical (unpaired) electrons. The van der Waals surface area contributed by atoms with Crippen molar-refractivity contribution in [2.24, 2.45) is 5.73 Å². The van der Waals surface area contributed by atoms with Crippen LogP contribution in [0.3, 0.4) is 0 Å².